The van der Waals surface area contributed by atoms with Crippen LogP contribution in [0.15, 0.2) is 22.7 Å². The molecule has 1 aliphatic rings. The van der Waals surface area contributed by atoms with E-state index in [1.807, 2.05) is 0 Å². The molecule has 1 aliphatic heterocycles. The van der Waals surface area contributed by atoms with Crippen LogP contribution in [0.25, 0.3) is 0 Å². The summed E-state index contributed by atoms with van der Waals surface area (Å²) in [6.07, 6.45) is 0.301. The summed E-state index contributed by atoms with van der Waals surface area (Å²) in [6.45, 7) is 0.372. The molecule has 0 spiro atoms. The molecule has 4 nitrogen and oxygen atoms in total. The fourth-order valence-corrected chi connectivity index (χ4v) is 2.35. The van der Waals surface area contributed by atoms with Crippen molar-refractivity contribution in [1.82, 2.24) is 5.32 Å². The molecule has 1 aromatic carbocycles. The Balaban J connectivity index is 2.30. The van der Waals surface area contributed by atoms with Crippen molar-refractivity contribution in [2.75, 3.05) is 11.4 Å². The summed E-state index contributed by atoms with van der Waals surface area (Å²) in [4.78, 5) is 24.0. The van der Waals surface area contributed by atoms with Crippen LogP contribution in [0, 0.1) is 0 Å². The first-order chi connectivity index (χ1) is 7.56. The zero-order valence-corrected chi connectivity index (χ0v) is 10.5. The lowest BCUT2D eigenvalue weighted by atomic mass is 10.2. The van der Waals surface area contributed by atoms with E-state index in [1.54, 1.807) is 18.2 Å². The van der Waals surface area contributed by atoms with Gasteiger partial charge in [0.1, 0.15) is 0 Å². The van der Waals surface area contributed by atoms with E-state index in [0.29, 0.717) is 23.7 Å². The molecule has 2 rings (SSSR count). The summed E-state index contributed by atoms with van der Waals surface area (Å²) in [6, 6.07) is 4.78. The second kappa shape index (κ2) is 4.43. The summed E-state index contributed by atoms with van der Waals surface area (Å²) in [5, 5.41) is 2.79. The van der Waals surface area contributed by atoms with Gasteiger partial charge in [0.05, 0.1) is 0 Å². The predicted molar refractivity (Wildman–Crippen MR) is 64.7 cm³/mol. The van der Waals surface area contributed by atoms with Crippen molar-refractivity contribution in [3.8, 4) is 0 Å². The van der Waals surface area contributed by atoms with Crippen LogP contribution in [0.3, 0.4) is 0 Å². The Bertz CT molecular complexity index is 444. The molecule has 0 saturated carbocycles. The van der Waals surface area contributed by atoms with Gasteiger partial charge in [0.25, 0.3) is 0 Å². The van der Waals surface area contributed by atoms with Gasteiger partial charge in [0.15, 0.2) is 0 Å². The molecule has 0 aromatic heterocycles. The highest BCUT2D eigenvalue weighted by Gasteiger charge is 2.24. The van der Waals surface area contributed by atoms with Gasteiger partial charge in [0, 0.05) is 28.1 Å². The quantitative estimate of drug-likeness (QED) is 0.867. The van der Waals surface area contributed by atoms with Crippen molar-refractivity contribution >= 4 is 45.2 Å². The lowest BCUT2D eigenvalue weighted by Crippen LogP contribution is -2.49. The van der Waals surface area contributed by atoms with Gasteiger partial charge >= 0.3 is 6.03 Å². The maximum atomic E-state index is 11.6. The van der Waals surface area contributed by atoms with E-state index < -0.39 is 6.03 Å². The molecule has 1 aromatic rings. The highest BCUT2D eigenvalue weighted by Crippen LogP contribution is 2.26. The van der Waals surface area contributed by atoms with E-state index in [4.69, 9.17) is 11.6 Å². The van der Waals surface area contributed by atoms with Crippen molar-refractivity contribution in [3.63, 3.8) is 0 Å². The Morgan fingerprint density at radius 1 is 1.31 bits per heavy atom. The van der Waals surface area contributed by atoms with Gasteiger partial charge in [-0.05, 0) is 18.2 Å². The molecule has 0 atom stereocenters. The zero-order valence-electron chi connectivity index (χ0n) is 8.17. The SMILES string of the molecule is O=C1CCN(c2cc(Cl)cc(Br)c2)C(=O)N1. The summed E-state index contributed by atoms with van der Waals surface area (Å²) in [5.41, 5.74) is 0.671. The van der Waals surface area contributed by atoms with Gasteiger partial charge < -0.3 is 0 Å². The molecule has 1 heterocycles. The van der Waals surface area contributed by atoms with Crippen molar-refractivity contribution in [2.45, 2.75) is 6.42 Å². The van der Waals surface area contributed by atoms with E-state index >= 15 is 0 Å². The van der Waals surface area contributed by atoms with Crippen LogP contribution < -0.4 is 10.2 Å². The molecule has 0 bridgehead atoms. The average molecular weight is 304 g/mol. The molecule has 84 valence electrons. The van der Waals surface area contributed by atoms with Gasteiger partial charge in [0.2, 0.25) is 5.91 Å². The Hall–Kier alpha value is -1.07. The van der Waals surface area contributed by atoms with Crippen molar-refractivity contribution in [2.24, 2.45) is 0 Å². The van der Waals surface area contributed by atoms with Gasteiger partial charge in [-0.3, -0.25) is 15.0 Å². The number of carbonyl (C=O) groups excluding carboxylic acids is 2. The second-order valence-corrected chi connectivity index (χ2v) is 4.73. The number of hydrogen-bond donors (Lipinski definition) is 1. The Labute approximate surface area is 106 Å². The van der Waals surface area contributed by atoms with Gasteiger partial charge in [-0.15, -0.1) is 0 Å². The Morgan fingerprint density at radius 3 is 2.69 bits per heavy atom. The van der Waals surface area contributed by atoms with Gasteiger partial charge in [-0.25, -0.2) is 4.79 Å². The molecular formula is C10H8BrClN2O2. The monoisotopic (exact) mass is 302 g/mol. The number of carbonyl (C=O) groups is 2. The minimum absolute atomic E-state index is 0.248. The first kappa shape index (κ1) is 11.4. The number of hydrogen-bond acceptors (Lipinski definition) is 2. The summed E-state index contributed by atoms with van der Waals surface area (Å²) < 4.78 is 0.791. The molecule has 1 N–H and O–H groups in total. The van der Waals surface area contributed by atoms with Crippen LogP contribution >= 0.6 is 27.5 Å². The normalized spacial score (nSPS) is 16.2. The van der Waals surface area contributed by atoms with E-state index in [-0.39, 0.29) is 5.91 Å². The maximum Gasteiger partial charge on any atom is 0.328 e. The number of urea groups is 1. The van der Waals surface area contributed by atoms with Crippen LogP contribution in [0.4, 0.5) is 10.5 Å². The number of nitrogens with one attached hydrogen (secondary N) is 1. The average Bonchev–Trinajstić information content (AvgIpc) is 2.15. The molecule has 6 heteroatoms. The van der Waals surface area contributed by atoms with Gasteiger partial charge in [-0.1, -0.05) is 27.5 Å². The predicted octanol–water partition coefficient (Wildman–Crippen LogP) is 2.55. The first-order valence-corrected chi connectivity index (χ1v) is 5.81. The highest BCUT2D eigenvalue weighted by molar-refractivity contribution is 9.10. The van der Waals surface area contributed by atoms with Crippen LogP contribution in [-0.4, -0.2) is 18.5 Å². The first-order valence-electron chi connectivity index (χ1n) is 4.64. The highest BCUT2D eigenvalue weighted by atomic mass is 79.9. The lowest BCUT2D eigenvalue weighted by Gasteiger charge is -2.26. The minimum atomic E-state index is -0.412. The van der Waals surface area contributed by atoms with E-state index in [2.05, 4.69) is 21.2 Å². The zero-order chi connectivity index (χ0) is 11.7. The number of amides is 3. The second-order valence-electron chi connectivity index (χ2n) is 3.38. The molecular weight excluding hydrogens is 295 g/mol. The van der Waals surface area contributed by atoms with Crippen LogP contribution in [0.5, 0.6) is 0 Å². The van der Waals surface area contributed by atoms with Crippen LogP contribution in [-0.2, 0) is 4.79 Å². The molecule has 3 amide bonds. The third-order valence-corrected chi connectivity index (χ3v) is 2.89. The molecule has 1 fully saturated rings. The molecule has 0 radical (unpaired) electrons. The minimum Gasteiger partial charge on any atom is -0.294 e. The van der Waals surface area contributed by atoms with Crippen molar-refractivity contribution in [1.29, 1.82) is 0 Å². The molecule has 0 unspecified atom stereocenters. The molecule has 1 saturated heterocycles. The lowest BCUT2D eigenvalue weighted by molar-refractivity contribution is -0.120. The van der Waals surface area contributed by atoms with Crippen LogP contribution in [0.2, 0.25) is 5.02 Å². The number of anilines is 1. The van der Waals surface area contributed by atoms with Gasteiger partial charge in [-0.2, -0.15) is 0 Å². The maximum absolute atomic E-state index is 11.6. The third-order valence-electron chi connectivity index (χ3n) is 2.21. The standard InChI is InChI=1S/C10H8BrClN2O2/c11-6-3-7(12)5-8(4-6)14-2-1-9(15)13-10(14)16/h3-5H,1-2H2,(H,13,15,16). The topological polar surface area (TPSA) is 49.4 Å². The van der Waals surface area contributed by atoms with Crippen LogP contribution in [0.1, 0.15) is 6.42 Å². The Morgan fingerprint density at radius 2 is 2.06 bits per heavy atom. The molecule has 0 aliphatic carbocycles. The largest absolute Gasteiger partial charge is 0.328 e. The number of benzene rings is 1. The number of halogens is 2. The smallest absolute Gasteiger partial charge is 0.294 e. The van der Waals surface area contributed by atoms with Crippen molar-refractivity contribution < 1.29 is 9.59 Å². The van der Waals surface area contributed by atoms with Crippen molar-refractivity contribution in [3.05, 3.63) is 27.7 Å². The molecule has 16 heavy (non-hydrogen) atoms. The summed E-state index contributed by atoms with van der Waals surface area (Å²) in [5.74, 6) is -0.248. The summed E-state index contributed by atoms with van der Waals surface area (Å²) in [7, 11) is 0. The Kier molecular flexibility index (Phi) is 3.16. The summed E-state index contributed by atoms with van der Waals surface area (Å²) >= 11 is 9.19. The van der Waals surface area contributed by atoms with E-state index in [9.17, 15) is 9.59 Å². The third kappa shape index (κ3) is 2.36. The van der Waals surface area contributed by atoms with E-state index in [0.717, 1.165) is 4.47 Å². The number of imide groups is 1. The number of nitrogens with zero attached hydrogens (tertiary/aromatic N) is 1. The fourth-order valence-electron chi connectivity index (χ4n) is 1.51. The number of rotatable bonds is 1. The fraction of sp³-hybridized carbons (Fsp3) is 0.200. The van der Waals surface area contributed by atoms with E-state index in [1.165, 1.54) is 4.90 Å².